The number of carboxylic acids is 1. The lowest BCUT2D eigenvalue weighted by Crippen LogP contribution is -2.42. The molecule has 184 valence electrons. The molecule has 0 aliphatic heterocycles. The van der Waals surface area contributed by atoms with Gasteiger partial charge in [-0.3, -0.25) is 9.59 Å². The summed E-state index contributed by atoms with van der Waals surface area (Å²) in [5, 5.41) is 18.1. The number of halogens is 1. The van der Waals surface area contributed by atoms with Crippen molar-refractivity contribution in [2.45, 2.75) is 12.5 Å². The van der Waals surface area contributed by atoms with Crippen molar-refractivity contribution in [3.8, 4) is 0 Å². The topological polar surface area (TPSA) is 111 Å². The normalized spacial score (nSPS) is 11.8. The van der Waals surface area contributed by atoms with Gasteiger partial charge in [-0.1, -0.05) is 64.5 Å². The third-order valence-electron chi connectivity index (χ3n) is 6.19. The van der Waals surface area contributed by atoms with E-state index in [1.807, 2.05) is 54.6 Å². The summed E-state index contributed by atoms with van der Waals surface area (Å²) in [6.45, 7) is 0. The van der Waals surface area contributed by atoms with Gasteiger partial charge in [0.05, 0.1) is 11.3 Å². The Morgan fingerprint density at radius 2 is 1.62 bits per heavy atom. The van der Waals surface area contributed by atoms with Crippen molar-refractivity contribution in [3.05, 3.63) is 112 Å². The molecule has 1 aromatic heterocycles. The van der Waals surface area contributed by atoms with E-state index in [4.69, 9.17) is 0 Å². The molecule has 5 rings (SSSR count). The molecular weight excluding hydrogens is 534 g/mol. The number of carbonyl (C=O) groups excluding carboxylic acids is 2. The van der Waals surface area contributed by atoms with E-state index < -0.39 is 17.9 Å². The first kappa shape index (κ1) is 24.3. The minimum atomic E-state index is -1.17. The molecule has 0 radical (unpaired) electrons. The molecule has 4 aromatic carbocycles. The number of hydrogen-bond acceptors (Lipinski definition) is 3. The second-order valence-corrected chi connectivity index (χ2v) is 9.55. The lowest BCUT2D eigenvalue weighted by atomic mass is 10.0. The summed E-state index contributed by atoms with van der Waals surface area (Å²) < 4.78 is 0.616. The van der Waals surface area contributed by atoms with Crippen molar-refractivity contribution < 1.29 is 19.5 Å². The standard InChI is InChI=1S/C29H22BrN3O4/c30-21-11-12-25(32-27(34)19-10-9-17-5-1-2-6-18(17)13-19)23(15-21)28(35)33-26(29(36)37)14-20-16-31-24-8-4-3-7-22(20)24/h1-13,15-16,26,31H,14H2,(H,32,34)(H,33,35)(H,36,37)/t26-/m0/s1. The van der Waals surface area contributed by atoms with Crippen LogP contribution in [-0.2, 0) is 11.2 Å². The summed E-state index contributed by atoms with van der Waals surface area (Å²) >= 11 is 3.36. The maximum absolute atomic E-state index is 13.3. The predicted molar refractivity (Wildman–Crippen MR) is 147 cm³/mol. The van der Waals surface area contributed by atoms with Crippen LogP contribution in [0, 0.1) is 0 Å². The molecule has 7 nitrogen and oxygen atoms in total. The molecule has 1 atom stereocenters. The number of rotatable bonds is 7. The van der Waals surface area contributed by atoms with Gasteiger partial charge >= 0.3 is 5.97 Å². The number of anilines is 1. The highest BCUT2D eigenvalue weighted by molar-refractivity contribution is 9.10. The monoisotopic (exact) mass is 555 g/mol. The molecule has 4 N–H and O–H groups in total. The summed E-state index contributed by atoms with van der Waals surface area (Å²) in [7, 11) is 0. The van der Waals surface area contributed by atoms with Gasteiger partial charge in [0.25, 0.3) is 11.8 Å². The van der Waals surface area contributed by atoms with Gasteiger partial charge < -0.3 is 20.7 Å². The van der Waals surface area contributed by atoms with Gasteiger partial charge in [-0.15, -0.1) is 0 Å². The third kappa shape index (κ3) is 5.24. The van der Waals surface area contributed by atoms with Crippen LogP contribution in [-0.4, -0.2) is 33.9 Å². The highest BCUT2D eigenvalue weighted by atomic mass is 79.9. The second kappa shape index (κ2) is 10.3. The van der Waals surface area contributed by atoms with E-state index in [0.717, 1.165) is 27.2 Å². The van der Waals surface area contributed by atoms with Crippen molar-refractivity contribution >= 4 is 61.1 Å². The molecule has 8 heteroatoms. The summed E-state index contributed by atoms with van der Waals surface area (Å²) in [4.78, 5) is 41.5. The SMILES string of the molecule is O=C(Nc1ccc(Br)cc1C(=O)N[C@@H](Cc1c[nH]c2ccccc12)C(=O)O)c1ccc2ccccc2c1. The van der Waals surface area contributed by atoms with Crippen LogP contribution in [0.15, 0.2) is 95.6 Å². The number of carboxylic acid groups (broad SMARTS) is 1. The molecule has 0 saturated carbocycles. The van der Waals surface area contributed by atoms with Crippen molar-refractivity contribution in [2.75, 3.05) is 5.32 Å². The first-order chi connectivity index (χ1) is 17.9. The van der Waals surface area contributed by atoms with Crippen LogP contribution in [0.1, 0.15) is 26.3 Å². The van der Waals surface area contributed by atoms with E-state index in [1.165, 1.54) is 0 Å². The molecule has 0 fully saturated rings. The number of nitrogens with one attached hydrogen (secondary N) is 3. The van der Waals surface area contributed by atoms with Gasteiger partial charge in [0.2, 0.25) is 0 Å². The highest BCUT2D eigenvalue weighted by Gasteiger charge is 2.24. The molecule has 0 unspecified atom stereocenters. The average Bonchev–Trinajstić information content (AvgIpc) is 3.31. The van der Waals surface area contributed by atoms with E-state index in [1.54, 1.807) is 36.5 Å². The lowest BCUT2D eigenvalue weighted by Gasteiger charge is -2.17. The highest BCUT2D eigenvalue weighted by Crippen LogP contribution is 2.24. The Hall–Kier alpha value is -4.43. The zero-order chi connectivity index (χ0) is 25.9. The number of hydrogen-bond donors (Lipinski definition) is 4. The van der Waals surface area contributed by atoms with Crippen LogP contribution in [0.2, 0.25) is 0 Å². The van der Waals surface area contributed by atoms with Crippen LogP contribution in [0.25, 0.3) is 21.7 Å². The number of amides is 2. The molecule has 5 aromatic rings. The van der Waals surface area contributed by atoms with Crippen LogP contribution < -0.4 is 10.6 Å². The smallest absolute Gasteiger partial charge is 0.326 e. The number of carbonyl (C=O) groups is 3. The van der Waals surface area contributed by atoms with Crippen molar-refractivity contribution in [1.82, 2.24) is 10.3 Å². The van der Waals surface area contributed by atoms with Crippen LogP contribution in [0.3, 0.4) is 0 Å². The summed E-state index contributed by atoms with van der Waals surface area (Å²) in [6.07, 6.45) is 1.85. The van der Waals surface area contributed by atoms with E-state index >= 15 is 0 Å². The van der Waals surface area contributed by atoms with E-state index in [0.29, 0.717) is 10.0 Å². The molecule has 0 saturated heterocycles. The van der Waals surface area contributed by atoms with E-state index in [9.17, 15) is 19.5 Å². The molecule has 0 spiro atoms. The maximum Gasteiger partial charge on any atom is 0.326 e. The summed E-state index contributed by atoms with van der Waals surface area (Å²) in [5.74, 6) is -2.14. The van der Waals surface area contributed by atoms with Crippen molar-refractivity contribution in [2.24, 2.45) is 0 Å². The number of fused-ring (bicyclic) bond motifs is 2. The van der Waals surface area contributed by atoms with Gasteiger partial charge in [0, 0.05) is 33.6 Å². The molecule has 0 aliphatic rings. The Balaban J connectivity index is 1.38. The lowest BCUT2D eigenvalue weighted by molar-refractivity contribution is -0.139. The predicted octanol–water partition coefficient (Wildman–Crippen LogP) is 5.76. The van der Waals surface area contributed by atoms with Crippen LogP contribution in [0.4, 0.5) is 5.69 Å². The van der Waals surface area contributed by atoms with Gasteiger partial charge in [0.1, 0.15) is 6.04 Å². The second-order valence-electron chi connectivity index (χ2n) is 8.63. The van der Waals surface area contributed by atoms with Gasteiger partial charge in [-0.05, 0) is 52.7 Å². The van der Waals surface area contributed by atoms with Gasteiger partial charge in [0.15, 0.2) is 0 Å². The maximum atomic E-state index is 13.3. The zero-order valence-corrected chi connectivity index (χ0v) is 21.1. The molecule has 0 aliphatic carbocycles. The Labute approximate surface area is 220 Å². The van der Waals surface area contributed by atoms with Gasteiger partial charge in [-0.25, -0.2) is 4.79 Å². The Morgan fingerprint density at radius 1 is 0.865 bits per heavy atom. The fourth-order valence-electron chi connectivity index (χ4n) is 4.29. The fourth-order valence-corrected chi connectivity index (χ4v) is 4.66. The Kier molecular flexibility index (Phi) is 6.74. The molecule has 2 amide bonds. The molecule has 37 heavy (non-hydrogen) atoms. The van der Waals surface area contributed by atoms with Gasteiger partial charge in [-0.2, -0.15) is 0 Å². The zero-order valence-electron chi connectivity index (χ0n) is 19.5. The molecule has 0 bridgehead atoms. The van der Waals surface area contributed by atoms with E-state index in [2.05, 4.69) is 31.5 Å². The number of benzene rings is 4. The number of para-hydroxylation sites is 1. The first-order valence-electron chi connectivity index (χ1n) is 11.6. The van der Waals surface area contributed by atoms with Crippen molar-refractivity contribution in [3.63, 3.8) is 0 Å². The molecule has 1 heterocycles. The van der Waals surface area contributed by atoms with Crippen molar-refractivity contribution in [1.29, 1.82) is 0 Å². The number of H-pyrrole nitrogens is 1. The quantitative estimate of drug-likeness (QED) is 0.204. The summed E-state index contributed by atoms with van der Waals surface area (Å²) in [6, 6.07) is 24.3. The molecular formula is C29H22BrN3O4. The first-order valence-corrected chi connectivity index (χ1v) is 12.4. The number of aliphatic carboxylic acids is 1. The Morgan fingerprint density at radius 3 is 2.43 bits per heavy atom. The fraction of sp³-hybridized carbons (Fsp3) is 0.0690. The number of aromatic nitrogens is 1. The minimum Gasteiger partial charge on any atom is -0.480 e. The number of aromatic amines is 1. The largest absolute Gasteiger partial charge is 0.480 e. The van der Waals surface area contributed by atoms with Crippen LogP contribution in [0.5, 0.6) is 0 Å². The Bertz CT molecular complexity index is 1660. The van der Waals surface area contributed by atoms with Crippen LogP contribution >= 0.6 is 15.9 Å². The summed E-state index contributed by atoms with van der Waals surface area (Å²) in [5.41, 5.74) is 2.53. The average molecular weight is 556 g/mol. The van der Waals surface area contributed by atoms with E-state index in [-0.39, 0.29) is 23.6 Å². The minimum absolute atomic E-state index is 0.0951. The third-order valence-corrected chi connectivity index (χ3v) is 6.68.